The molecule has 2 aromatic heterocycles. The Morgan fingerprint density at radius 1 is 1.14 bits per heavy atom. The monoisotopic (exact) mass is 508 g/mol. The fourth-order valence-corrected chi connectivity index (χ4v) is 4.51. The number of aromatic amines is 1. The molecular formula is C25H25FN6O5. The molecule has 1 aromatic carbocycles. The molecule has 3 amide bonds. The van der Waals surface area contributed by atoms with Gasteiger partial charge in [0.15, 0.2) is 11.6 Å². The molecule has 0 aliphatic carbocycles. The molecule has 0 saturated carbocycles. The van der Waals surface area contributed by atoms with Gasteiger partial charge in [-0.05, 0) is 18.2 Å². The van der Waals surface area contributed by atoms with E-state index in [1.54, 1.807) is 18.3 Å². The number of methoxy groups -OCH3 is 1. The molecule has 0 spiro atoms. The van der Waals surface area contributed by atoms with Crippen LogP contribution in [0.15, 0.2) is 36.7 Å². The summed E-state index contributed by atoms with van der Waals surface area (Å²) in [7, 11) is 1.36. The van der Waals surface area contributed by atoms with Gasteiger partial charge in [0.05, 0.1) is 49.0 Å². The summed E-state index contributed by atoms with van der Waals surface area (Å²) in [6, 6.07) is 6.16. The van der Waals surface area contributed by atoms with Crippen LogP contribution in [0.25, 0.3) is 11.3 Å². The SMILES string of the molecule is COc1c(F)cccc1Nc1c2[nH]c3c1C(=O)NCC3CC(=O)NCC(=O)NCCOc1cnccc1-2. The zero-order valence-electron chi connectivity index (χ0n) is 19.9. The van der Waals surface area contributed by atoms with E-state index < -0.39 is 11.7 Å². The number of para-hydroxylation sites is 1. The van der Waals surface area contributed by atoms with Crippen LogP contribution in [0.1, 0.15) is 28.4 Å². The van der Waals surface area contributed by atoms with E-state index in [9.17, 15) is 18.8 Å². The first kappa shape index (κ1) is 24.1. The summed E-state index contributed by atoms with van der Waals surface area (Å²) in [5.74, 6) is -1.62. The van der Waals surface area contributed by atoms with Gasteiger partial charge < -0.3 is 35.7 Å². The third kappa shape index (κ3) is 4.77. The van der Waals surface area contributed by atoms with Crippen molar-refractivity contribution in [2.75, 3.05) is 38.7 Å². The quantitative estimate of drug-likeness (QED) is 0.363. The minimum absolute atomic E-state index is 0.0142. The first-order valence-corrected chi connectivity index (χ1v) is 11.7. The number of rotatable bonds is 3. The maximum atomic E-state index is 14.5. The Hall–Kier alpha value is -4.61. The van der Waals surface area contributed by atoms with Crippen LogP contribution >= 0.6 is 0 Å². The summed E-state index contributed by atoms with van der Waals surface area (Å²) in [6.45, 7) is 0.391. The van der Waals surface area contributed by atoms with Crippen LogP contribution in [0.5, 0.6) is 11.5 Å². The molecule has 2 bridgehead atoms. The molecule has 11 nitrogen and oxygen atoms in total. The Kier molecular flexibility index (Phi) is 6.62. The van der Waals surface area contributed by atoms with Gasteiger partial charge in [-0.2, -0.15) is 0 Å². The number of aromatic nitrogens is 2. The molecule has 192 valence electrons. The average molecular weight is 509 g/mol. The molecule has 1 unspecified atom stereocenters. The molecule has 0 fully saturated rings. The Bertz CT molecular complexity index is 1370. The average Bonchev–Trinajstić information content (AvgIpc) is 3.27. The largest absolute Gasteiger partial charge is 0.492 e. The molecule has 3 aromatic rings. The third-order valence-corrected chi connectivity index (χ3v) is 6.22. The highest BCUT2D eigenvalue weighted by Crippen LogP contribution is 2.44. The summed E-state index contributed by atoms with van der Waals surface area (Å²) in [5, 5.41) is 11.3. The van der Waals surface area contributed by atoms with Crippen molar-refractivity contribution < 1.29 is 28.2 Å². The first-order valence-electron chi connectivity index (χ1n) is 11.7. The van der Waals surface area contributed by atoms with Crippen LogP contribution in [0, 0.1) is 5.82 Å². The number of H-pyrrole nitrogens is 1. The number of anilines is 2. The van der Waals surface area contributed by atoms with Gasteiger partial charge in [-0.15, -0.1) is 0 Å². The van der Waals surface area contributed by atoms with Crippen LogP contribution < -0.4 is 30.7 Å². The molecule has 1 atom stereocenters. The molecule has 12 heteroatoms. The van der Waals surface area contributed by atoms with Crippen molar-refractivity contribution in [3.63, 3.8) is 0 Å². The topological polar surface area (TPSA) is 146 Å². The van der Waals surface area contributed by atoms with E-state index >= 15 is 0 Å². The first-order chi connectivity index (χ1) is 18.0. The molecule has 0 radical (unpaired) electrons. The highest BCUT2D eigenvalue weighted by atomic mass is 19.1. The second kappa shape index (κ2) is 10.2. The maximum Gasteiger partial charge on any atom is 0.255 e. The van der Waals surface area contributed by atoms with Crippen LogP contribution in [-0.4, -0.2) is 61.0 Å². The summed E-state index contributed by atoms with van der Waals surface area (Å²) in [6.07, 6.45) is 3.14. The molecule has 4 heterocycles. The van der Waals surface area contributed by atoms with E-state index in [1.165, 1.54) is 25.4 Å². The van der Waals surface area contributed by atoms with Crippen LogP contribution in [0.3, 0.4) is 0 Å². The number of fused-ring (bicyclic) bond motifs is 3. The zero-order chi connectivity index (χ0) is 25.9. The lowest BCUT2D eigenvalue weighted by Crippen LogP contribution is -2.41. The number of pyridine rings is 1. The smallest absolute Gasteiger partial charge is 0.255 e. The van der Waals surface area contributed by atoms with Crippen molar-refractivity contribution in [1.29, 1.82) is 0 Å². The van der Waals surface area contributed by atoms with Gasteiger partial charge in [0.25, 0.3) is 5.91 Å². The minimum atomic E-state index is -0.568. The number of nitrogens with one attached hydrogen (secondary N) is 5. The Morgan fingerprint density at radius 2 is 2.00 bits per heavy atom. The minimum Gasteiger partial charge on any atom is -0.492 e. The van der Waals surface area contributed by atoms with E-state index in [0.717, 1.165) is 0 Å². The zero-order valence-corrected chi connectivity index (χ0v) is 19.9. The van der Waals surface area contributed by atoms with Gasteiger partial charge in [0.2, 0.25) is 11.8 Å². The number of hydrogen-bond donors (Lipinski definition) is 5. The van der Waals surface area contributed by atoms with Crippen molar-refractivity contribution in [2.24, 2.45) is 0 Å². The number of amides is 3. The Balaban J connectivity index is 1.68. The Morgan fingerprint density at radius 3 is 2.84 bits per heavy atom. The van der Waals surface area contributed by atoms with Crippen molar-refractivity contribution in [3.05, 3.63) is 53.7 Å². The molecular weight excluding hydrogens is 483 g/mol. The predicted molar refractivity (Wildman–Crippen MR) is 131 cm³/mol. The summed E-state index contributed by atoms with van der Waals surface area (Å²) in [5.41, 5.74) is 2.59. The highest BCUT2D eigenvalue weighted by molar-refractivity contribution is 6.07. The molecule has 2 aliphatic rings. The van der Waals surface area contributed by atoms with E-state index in [-0.39, 0.29) is 61.7 Å². The van der Waals surface area contributed by atoms with Gasteiger partial charge in [-0.3, -0.25) is 19.4 Å². The molecule has 5 rings (SSSR count). The summed E-state index contributed by atoms with van der Waals surface area (Å²) < 4.78 is 25.7. The fraction of sp³-hybridized carbons (Fsp3) is 0.280. The van der Waals surface area contributed by atoms with Crippen LogP contribution in [0.2, 0.25) is 0 Å². The lowest BCUT2D eigenvalue weighted by atomic mass is 9.93. The Labute approximate surface area is 211 Å². The molecule has 0 saturated heterocycles. The molecule has 37 heavy (non-hydrogen) atoms. The lowest BCUT2D eigenvalue weighted by Gasteiger charge is -2.23. The maximum absolute atomic E-state index is 14.5. The van der Waals surface area contributed by atoms with Gasteiger partial charge in [0.1, 0.15) is 12.4 Å². The van der Waals surface area contributed by atoms with Crippen LogP contribution in [-0.2, 0) is 9.59 Å². The number of hydrogen-bond acceptors (Lipinski definition) is 7. The molecule has 5 N–H and O–H groups in total. The highest BCUT2D eigenvalue weighted by Gasteiger charge is 2.35. The van der Waals surface area contributed by atoms with E-state index in [0.29, 0.717) is 34.1 Å². The van der Waals surface area contributed by atoms with Gasteiger partial charge in [0, 0.05) is 36.3 Å². The summed E-state index contributed by atoms with van der Waals surface area (Å²) in [4.78, 5) is 45.3. The second-order valence-electron chi connectivity index (χ2n) is 8.57. The van der Waals surface area contributed by atoms with Crippen molar-refractivity contribution in [1.82, 2.24) is 25.9 Å². The number of benzene rings is 1. The van der Waals surface area contributed by atoms with E-state index in [4.69, 9.17) is 9.47 Å². The standard InChI is InChI=1S/C25H25FN6O5/c1-36-24-15(26)3-2-4-16(24)31-23-20-21-13(10-30-25(20)35)9-18(33)29-12-19(34)28-7-8-37-17-11-27-6-5-14(17)22(23)32-21/h2-6,11,13,31-32H,7-10,12H2,1H3,(H,28,34)(H,29,33)(H,30,35). The second-order valence-corrected chi connectivity index (χ2v) is 8.57. The van der Waals surface area contributed by atoms with Gasteiger partial charge >= 0.3 is 0 Å². The van der Waals surface area contributed by atoms with E-state index in [2.05, 4.69) is 31.2 Å². The summed E-state index contributed by atoms with van der Waals surface area (Å²) >= 11 is 0. The van der Waals surface area contributed by atoms with Gasteiger partial charge in [-0.25, -0.2) is 4.39 Å². The van der Waals surface area contributed by atoms with E-state index in [1.807, 2.05) is 0 Å². The lowest BCUT2D eigenvalue weighted by molar-refractivity contribution is -0.126. The fourth-order valence-electron chi connectivity index (χ4n) is 4.51. The number of carbonyl (C=O) groups is 3. The number of ether oxygens (including phenoxy) is 2. The number of carbonyl (C=O) groups excluding carboxylic acids is 3. The predicted octanol–water partition coefficient (Wildman–Crippen LogP) is 1.81. The number of halogens is 1. The normalized spacial score (nSPS) is 17.7. The molecule has 2 aliphatic heterocycles. The van der Waals surface area contributed by atoms with Crippen LogP contribution in [0.4, 0.5) is 15.8 Å². The third-order valence-electron chi connectivity index (χ3n) is 6.22. The number of nitrogens with zero attached hydrogens (tertiary/aromatic N) is 1. The van der Waals surface area contributed by atoms with Gasteiger partial charge in [-0.1, -0.05) is 6.07 Å². The van der Waals surface area contributed by atoms with Crippen molar-refractivity contribution in [2.45, 2.75) is 12.3 Å². The van der Waals surface area contributed by atoms with Crippen molar-refractivity contribution in [3.8, 4) is 22.8 Å². The van der Waals surface area contributed by atoms with Crippen molar-refractivity contribution >= 4 is 29.1 Å².